The summed E-state index contributed by atoms with van der Waals surface area (Å²) in [6.45, 7) is 8.72. The molecule has 0 saturated carbocycles. The molecule has 2 heterocycles. The number of aryl methyl sites for hydroxylation is 1. The number of amides is 1. The molecule has 0 N–H and O–H groups in total. The molecule has 5 heteroatoms. The van der Waals surface area contributed by atoms with Crippen LogP contribution in [-0.4, -0.2) is 47.6 Å². The van der Waals surface area contributed by atoms with Crippen LogP contribution in [0.5, 0.6) is 5.75 Å². The normalized spacial score (nSPS) is 15.0. The Bertz CT molecular complexity index is 721. The van der Waals surface area contributed by atoms with Crippen LogP contribution in [-0.2, 0) is 11.2 Å². The molecule has 0 atom stereocenters. The van der Waals surface area contributed by atoms with Crippen LogP contribution in [0, 0.1) is 0 Å². The zero-order chi connectivity index (χ0) is 18.6. The maximum absolute atomic E-state index is 13.0. The molecule has 1 aliphatic heterocycles. The van der Waals surface area contributed by atoms with Gasteiger partial charge in [-0.05, 0) is 50.1 Å². The maximum atomic E-state index is 13.0. The SMILES string of the molecule is CCc1ccc(OC(C)(C)C(=O)N2CCN(c3ccccn3)CC2)cc1. The van der Waals surface area contributed by atoms with Crippen molar-refractivity contribution in [2.45, 2.75) is 32.8 Å². The number of rotatable bonds is 5. The molecule has 5 nitrogen and oxygen atoms in total. The predicted octanol–water partition coefficient (Wildman–Crippen LogP) is 3.15. The molecular weight excluding hydrogens is 326 g/mol. The second-order valence-corrected chi connectivity index (χ2v) is 7.08. The molecule has 1 aliphatic rings. The van der Waals surface area contributed by atoms with Gasteiger partial charge in [0.2, 0.25) is 0 Å². The van der Waals surface area contributed by atoms with Crippen LogP contribution in [0.1, 0.15) is 26.3 Å². The molecule has 1 aromatic carbocycles. The van der Waals surface area contributed by atoms with E-state index in [0.29, 0.717) is 13.1 Å². The van der Waals surface area contributed by atoms with Gasteiger partial charge in [0, 0.05) is 32.4 Å². The summed E-state index contributed by atoms with van der Waals surface area (Å²) in [5.74, 6) is 1.72. The summed E-state index contributed by atoms with van der Waals surface area (Å²) in [5.41, 5.74) is 0.369. The summed E-state index contributed by atoms with van der Waals surface area (Å²) in [6, 6.07) is 13.9. The van der Waals surface area contributed by atoms with Crippen molar-refractivity contribution in [3.8, 4) is 5.75 Å². The minimum atomic E-state index is -0.888. The van der Waals surface area contributed by atoms with Gasteiger partial charge in [-0.2, -0.15) is 0 Å². The van der Waals surface area contributed by atoms with E-state index in [4.69, 9.17) is 4.74 Å². The van der Waals surface area contributed by atoms with Crippen molar-refractivity contribution in [1.82, 2.24) is 9.88 Å². The van der Waals surface area contributed by atoms with E-state index in [9.17, 15) is 4.79 Å². The number of carbonyl (C=O) groups is 1. The number of benzene rings is 1. The van der Waals surface area contributed by atoms with Gasteiger partial charge in [-0.3, -0.25) is 4.79 Å². The summed E-state index contributed by atoms with van der Waals surface area (Å²) >= 11 is 0. The van der Waals surface area contributed by atoms with Crippen LogP contribution in [0.3, 0.4) is 0 Å². The highest BCUT2D eigenvalue weighted by Crippen LogP contribution is 2.22. The van der Waals surface area contributed by atoms with E-state index >= 15 is 0 Å². The van der Waals surface area contributed by atoms with E-state index in [1.54, 1.807) is 6.20 Å². The Labute approximate surface area is 155 Å². The van der Waals surface area contributed by atoms with Gasteiger partial charge in [0.15, 0.2) is 5.60 Å². The Hall–Kier alpha value is -2.56. The number of ether oxygens (including phenoxy) is 1. The monoisotopic (exact) mass is 353 g/mol. The average molecular weight is 353 g/mol. The van der Waals surface area contributed by atoms with Gasteiger partial charge in [0.05, 0.1) is 0 Å². The van der Waals surface area contributed by atoms with Crippen LogP contribution >= 0.6 is 0 Å². The van der Waals surface area contributed by atoms with E-state index in [1.807, 2.05) is 61.2 Å². The fraction of sp³-hybridized carbons (Fsp3) is 0.429. The second-order valence-electron chi connectivity index (χ2n) is 7.08. The summed E-state index contributed by atoms with van der Waals surface area (Å²) in [5, 5.41) is 0. The van der Waals surface area contributed by atoms with Gasteiger partial charge in [0.1, 0.15) is 11.6 Å². The van der Waals surface area contributed by atoms with E-state index in [0.717, 1.165) is 31.1 Å². The Kier molecular flexibility index (Phi) is 5.45. The van der Waals surface area contributed by atoms with Crippen molar-refractivity contribution in [3.63, 3.8) is 0 Å². The predicted molar refractivity (Wildman–Crippen MR) is 104 cm³/mol. The highest BCUT2D eigenvalue weighted by Gasteiger charge is 2.35. The number of nitrogens with zero attached hydrogens (tertiary/aromatic N) is 3. The first-order valence-electron chi connectivity index (χ1n) is 9.23. The number of hydrogen-bond donors (Lipinski definition) is 0. The Morgan fingerprint density at radius 1 is 1.08 bits per heavy atom. The van der Waals surface area contributed by atoms with Crippen molar-refractivity contribution in [2.24, 2.45) is 0 Å². The highest BCUT2D eigenvalue weighted by atomic mass is 16.5. The van der Waals surface area contributed by atoms with Gasteiger partial charge in [-0.25, -0.2) is 4.98 Å². The molecule has 3 rings (SSSR count). The van der Waals surface area contributed by atoms with Gasteiger partial charge < -0.3 is 14.5 Å². The van der Waals surface area contributed by atoms with E-state index in [-0.39, 0.29) is 5.91 Å². The lowest BCUT2D eigenvalue weighted by atomic mass is 10.1. The maximum Gasteiger partial charge on any atom is 0.266 e. The summed E-state index contributed by atoms with van der Waals surface area (Å²) in [7, 11) is 0. The lowest BCUT2D eigenvalue weighted by molar-refractivity contribution is -0.145. The highest BCUT2D eigenvalue weighted by molar-refractivity contribution is 5.85. The first-order chi connectivity index (χ1) is 12.5. The van der Waals surface area contributed by atoms with Crippen LogP contribution in [0.15, 0.2) is 48.7 Å². The molecule has 0 spiro atoms. The van der Waals surface area contributed by atoms with Crippen LogP contribution in [0.2, 0.25) is 0 Å². The molecule has 1 aromatic heterocycles. The van der Waals surface area contributed by atoms with Crippen LogP contribution in [0.25, 0.3) is 0 Å². The molecule has 1 saturated heterocycles. The molecule has 138 valence electrons. The van der Waals surface area contributed by atoms with Crippen LogP contribution in [0.4, 0.5) is 5.82 Å². The lowest BCUT2D eigenvalue weighted by Crippen LogP contribution is -2.56. The summed E-state index contributed by atoms with van der Waals surface area (Å²) in [6.07, 6.45) is 2.79. The number of hydrogen-bond acceptors (Lipinski definition) is 4. The quantitative estimate of drug-likeness (QED) is 0.828. The molecule has 1 amide bonds. The van der Waals surface area contributed by atoms with Gasteiger partial charge >= 0.3 is 0 Å². The lowest BCUT2D eigenvalue weighted by Gasteiger charge is -2.39. The van der Waals surface area contributed by atoms with E-state index in [1.165, 1.54) is 5.56 Å². The Morgan fingerprint density at radius 3 is 2.35 bits per heavy atom. The van der Waals surface area contributed by atoms with Crippen molar-refractivity contribution in [3.05, 3.63) is 54.2 Å². The average Bonchev–Trinajstić information content (AvgIpc) is 2.68. The fourth-order valence-corrected chi connectivity index (χ4v) is 3.19. The number of piperazine rings is 1. The molecule has 26 heavy (non-hydrogen) atoms. The third-order valence-electron chi connectivity index (χ3n) is 4.76. The zero-order valence-electron chi connectivity index (χ0n) is 15.8. The topological polar surface area (TPSA) is 45.7 Å². The smallest absolute Gasteiger partial charge is 0.266 e. The molecule has 2 aromatic rings. The standard InChI is InChI=1S/C21H27N3O2/c1-4-17-8-10-18(11-9-17)26-21(2,3)20(25)24-15-13-23(14-16-24)19-7-5-6-12-22-19/h5-12H,4,13-16H2,1-3H3. The minimum Gasteiger partial charge on any atom is -0.478 e. The van der Waals surface area contributed by atoms with Crippen LogP contribution < -0.4 is 9.64 Å². The van der Waals surface area contributed by atoms with E-state index in [2.05, 4.69) is 16.8 Å². The first kappa shape index (κ1) is 18.2. The van der Waals surface area contributed by atoms with Crippen molar-refractivity contribution in [1.29, 1.82) is 0 Å². The minimum absolute atomic E-state index is 0.0257. The zero-order valence-corrected chi connectivity index (χ0v) is 15.8. The Morgan fingerprint density at radius 2 is 1.77 bits per heavy atom. The van der Waals surface area contributed by atoms with Gasteiger partial charge in [-0.15, -0.1) is 0 Å². The fourth-order valence-electron chi connectivity index (χ4n) is 3.19. The molecule has 0 aliphatic carbocycles. The number of aromatic nitrogens is 1. The van der Waals surface area contributed by atoms with Gasteiger partial charge in [-0.1, -0.05) is 25.1 Å². The molecular formula is C21H27N3O2. The molecule has 0 unspecified atom stereocenters. The molecule has 1 fully saturated rings. The molecule has 0 radical (unpaired) electrons. The van der Waals surface area contributed by atoms with Crippen molar-refractivity contribution >= 4 is 11.7 Å². The van der Waals surface area contributed by atoms with Gasteiger partial charge in [0.25, 0.3) is 5.91 Å². The third kappa shape index (κ3) is 4.15. The number of anilines is 1. The first-order valence-corrected chi connectivity index (χ1v) is 9.23. The number of carbonyl (C=O) groups excluding carboxylic acids is 1. The Balaban J connectivity index is 1.59. The van der Waals surface area contributed by atoms with E-state index < -0.39 is 5.60 Å². The number of pyridine rings is 1. The van der Waals surface area contributed by atoms with Crippen molar-refractivity contribution in [2.75, 3.05) is 31.1 Å². The third-order valence-corrected chi connectivity index (χ3v) is 4.76. The largest absolute Gasteiger partial charge is 0.478 e. The molecule has 0 bridgehead atoms. The van der Waals surface area contributed by atoms with Crippen molar-refractivity contribution < 1.29 is 9.53 Å². The summed E-state index contributed by atoms with van der Waals surface area (Å²) in [4.78, 5) is 21.4. The summed E-state index contributed by atoms with van der Waals surface area (Å²) < 4.78 is 6.01. The second kappa shape index (κ2) is 7.77.